The molecule has 0 radical (unpaired) electrons. The number of ketones is 1. The molecule has 1 unspecified atom stereocenters. The van der Waals surface area contributed by atoms with Crippen LogP contribution in [0.1, 0.15) is 27.7 Å². The van der Waals surface area contributed by atoms with Gasteiger partial charge in [0.25, 0.3) is 11.8 Å². The summed E-state index contributed by atoms with van der Waals surface area (Å²) in [7, 11) is 0. The molecule has 1 aliphatic heterocycles. The number of carbonyl (C=O) groups is 3. The molecule has 18 heavy (non-hydrogen) atoms. The second-order valence-corrected chi connectivity index (χ2v) is 5.09. The lowest BCUT2D eigenvalue weighted by atomic mass is 9.92. The van der Waals surface area contributed by atoms with Gasteiger partial charge >= 0.3 is 0 Å². The number of nitrogens with zero attached hydrogens (tertiary/aromatic N) is 1. The molecule has 4 N–H and O–H groups in total. The van der Waals surface area contributed by atoms with Crippen molar-refractivity contribution in [3.05, 3.63) is 11.3 Å². The standard InChI is InChI=1S/C12H19N3O3/c1-6(2)5-15-7(3)8(10(13)17)9(16)12(15,4)11(14)18/h6H,5H2,1-4H3,(H2,13,17)(H2,14,18). The molecule has 0 saturated carbocycles. The Bertz CT molecular complexity index is 453. The highest BCUT2D eigenvalue weighted by Crippen LogP contribution is 2.34. The van der Waals surface area contributed by atoms with Crippen molar-refractivity contribution in [2.45, 2.75) is 33.2 Å². The fraction of sp³-hybridized carbons (Fsp3) is 0.583. The topological polar surface area (TPSA) is 106 Å². The maximum Gasteiger partial charge on any atom is 0.254 e. The van der Waals surface area contributed by atoms with Gasteiger partial charge in [0.1, 0.15) is 5.57 Å². The first-order valence-electron chi connectivity index (χ1n) is 5.77. The summed E-state index contributed by atoms with van der Waals surface area (Å²) in [5, 5.41) is 0. The summed E-state index contributed by atoms with van der Waals surface area (Å²) >= 11 is 0. The molecule has 0 aromatic heterocycles. The van der Waals surface area contributed by atoms with E-state index in [-0.39, 0.29) is 11.5 Å². The average molecular weight is 253 g/mol. The van der Waals surface area contributed by atoms with Gasteiger partial charge in [0.2, 0.25) is 5.78 Å². The van der Waals surface area contributed by atoms with Crippen LogP contribution in [0.4, 0.5) is 0 Å². The van der Waals surface area contributed by atoms with Crippen LogP contribution in [0, 0.1) is 5.92 Å². The number of rotatable bonds is 4. The van der Waals surface area contributed by atoms with Gasteiger partial charge in [-0.05, 0) is 19.8 Å². The zero-order chi connectivity index (χ0) is 14.2. The fourth-order valence-electron chi connectivity index (χ4n) is 2.22. The maximum absolute atomic E-state index is 12.2. The number of amides is 2. The SMILES string of the molecule is CC1=C(C(N)=O)C(=O)C(C)(C(N)=O)N1CC(C)C. The summed E-state index contributed by atoms with van der Waals surface area (Å²) in [5.74, 6) is -2.00. The molecule has 100 valence electrons. The second kappa shape index (κ2) is 4.44. The molecule has 0 bridgehead atoms. The second-order valence-electron chi connectivity index (χ2n) is 5.09. The molecule has 1 atom stereocenters. The van der Waals surface area contributed by atoms with Gasteiger partial charge in [0, 0.05) is 12.2 Å². The van der Waals surface area contributed by atoms with E-state index in [1.54, 1.807) is 11.8 Å². The first kappa shape index (κ1) is 14.2. The van der Waals surface area contributed by atoms with Gasteiger partial charge in [0.05, 0.1) is 0 Å². The third-order valence-electron chi connectivity index (χ3n) is 3.25. The van der Waals surface area contributed by atoms with E-state index >= 15 is 0 Å². The van der Waals surface area contributed by atoms with Crippen molar-refractivity contribution < 1.29 is 14.4 Å². The van der Waals surface area contributed by atoms with Gasteiger partial charge in [-0.25, -0.2) is 0 Å². The van der Waals surface area contributed by atoms with Gasteiger partial charge in [-0.3, -0.25) is 14.4 Å². The Labute approximate surface area is 106 Å². The minimum atomic E-state index is -1.52. The van der Waals surface area contributed by atoms with Crippen LogP contribution in [0.2, 0.25) is 0 Å². The minimum absolute atomic E-state index is 0.128. The van der Waals surface area contributed by atoms with E-state index in [0.29, 0.717) is 12.2 Å². The quantitative estimate of drug-likeness (QED) is 0.521. The van der Waals surface area contributed by atoms with Gasteiger partial charge < -0.3 is 16.4 Å². The van der Waals surface area contributed by atoms with E-state index < -0.39 is 23.1 Å². The lowest BCUT2D eigenvalue weighted by Gasteiger charge is -2.35. The average Bonchev–Trinajstić information content (AvgIpc) is 2.40. The molecule has 0 fully saturated rings. The molecule has 1 heterocycles. The number of nitrogens with two attached hydrogens (primary N) is 2. The summed E-state index contributed by atoms with van der Waals surface area (Å²) < 4.78 is 0. The first-order chi connectivity index (χ1) is 8.13. The molecule has 6 nitrogen and oxygen atoms in total. The molecule has 1 aliphatic rings. The van der Waals surface area contributed by atoms with Crippen molar-refractivity contribution in [3.63, 3.8) is 0 Å². The molecule has 1 rings (SSSR count). The highest BCUT2D eigenvalue weighted by Gasteiger charge is 2.53. The number of carbonyl (C=O) groups excluding carboxylic acids is 3. The van der Waals surface area contributed by atoms with Crippen molar-refractivity contribution in [3.8, 4) is 0 Å². The van der Waals surface area contributed by atoms with Gasteiger partial charge in [0.15, 0.2) is 5.54 Å². The minimum Gasteiger partial charge on any atom is -0.367 e. The Morgan fingerprint density at radius 1 is 1.33 bits per heavy atom. The van der Waals surface area contributed by atoms with Gasteiger partial charge in [-0.1, -0.05) is 13.8 Å². The van der Waals surface area contributed by atoms with Crippen LogP contribution >= 0.6 is 0 Å². The normalized spacial score (nSPS) is 24.1. The number of hydrogen-bond acceptors (Lipinski definition) is 4. The van der Waals surface area contributed by atoms with Gasteiger partial charge in [-0.15, -0.1) is 0 Å². The largest absolute Gasteiger partial charge is 0.367 e. The summed E-state index contributed by atoms with van der Waals surface area (Å²) in [4.78, 5) is 36.7. The molecule has 6 heteroatoms. The lowest BCUT2D eigenvalue weighted by Crippen LogP contribution is -2.57. The zero-order valence-corrected chi connectivity index (χ0v) is 11.1. The Hall–Kier alpha value is -1.85. The highest BCUT2D eigenvalue weighted by molar-refractivity contribution is 6.30. The van der Waals surface area contributed by atoms with E-state index in [0.717, 1.165) is 0 Å². The summed E-state index contributed by atoms with van der Waals surface area (Å²) in [6.07, 6.45) is 0. The molecular formula is C12H19N3O3. The van der Waals surface area contributed by atoms with E-state index in [1.807, 2.05) is 13.8 Å². The van der Waals surface area contributed by atoms with Crippen LogP contribution in [-0.4, -0.2) is 34.6 Å². The van der Waals surface area contributed by atoms with Crippen LogP contribution in [0.5, 0.6) is 0 Å². The Kier molecular flexibility index (Phi) is 3.50. The highest BCUT2D eigenvalue weighted by atomic mass is 16.2. The molecule has 0 aromatic carbocycles. The number of allylic oxidation sites excluding steroid dienone is 1. The lowest BCUT2D eigenvalue weighted by molar-refractivity contribution is -0.137. The van der Waals surface area contributed by atoms with Crippen LogP contribution in [0.15, 0.2) is 11.3 Å². The molecule has 0 spiro atoms. The Morgan fingerprint density at radius 3 is 2.17 bits per heavy atom. The van der Waals surface area contributed by atoms with Crippen LogP contribution < -0.4 is 11.5 Å². The van der Waals surface area contributed by atoms with E-state index in [4.69, 9.17) is 11.5 Å². The van der Waals surface area contributed by atoms with Crippen LogP contribution in [-0.2, 0) is 14.4 Å². The Morgan fingerprint density at radius 2 is 1.83 bits per heavy atom. The summed E-state index contributed by atoms with van der Waals surface area (Å²) in [6.45, 7) is 7.38. The van der Waals surface area contributed by atoms with Crippen molar-refractivity contribution >= 4 is 17.6 Å². The maximum atomic E-state index is 12.2. The Balaban J connectivity index is 3.36. The molecule has 2 amide bonds. The third-order valence-corrected chi connectivity index (χ3v) is 3.25. The van der Waals surface area contributed by atoms with E-state index in [1.165, 1.54) is 6.92 Å². The first-order valence-corrected chi connectivity index (χ1v) is 5.77. The van der Waals surface area contributed by atoms with E-state index in [2.05, 4.69) is 0 Å². The molecular weight excluding hydrogens is 234 g/mol. The van der Waals surface area contributed by atoms with Crippen molar-refractivity contribution in [2.24, 2.45) is 17.4 Å². The predicted octanol–water partition coefficient (Wildman–Crippen LogP) is -0.470. The summed E-state index contributed by atoms with van der Waals surface area (Å²) in [6, 6.07) is 0. The van der Waals surface area contributed by atoms with Gasteiger partial charge in [-0.2, -0.15) is 0 Å². The fourth-order valence-corrected chi connectivity index (χ4v) is 2.22. The molecule has 0 aromatic rings. The zero-order valence-electron chi connectivity index (χ0n) is 11.1. The van der Waals surface area contributed by atoms with E-state index in [9.17, 15) is 14.4 Å². The van der Waals surface area contributed by atoms with Crippen molar-refractivity contribution in [2.75, 3.05) is 6.54 Å². The van der Waals surface area contributed by atoms with Crippen LogP contribution in [0.25, 0.3) is 0 Å². The van der Waals surface area contributed by atoms with Crippen molar-refractivity contribution in [1.82, 2.24) is 4.90 Å². The third kappa shape index (κ3) is 1.87. The number of primary amides is 2. The predicted molar refractivity (Wildman–Crippen MR) is 66.0 cm³/mol. The molecule has 0 saturated heterocycles. The number of hydrogen-bond donors (Lipinski definition) is 2. The summed E-state index contributed by atoms with van der Waals surface area (Å²) in [5.41, 5.74) is 9.31. The van der Waals surface area contributed by atoms with Crippen LogP contribution in [0.3, 0.4) is 0 Å². The smallest absolute Gasteiger partial charge is 0.254 e. The van der Waals surface area contributed by atoms with Crippen molar-refractivity contribution in [1.29, 1.82) is 0 Å². The molecule has 0 aliphatic carbocycles. The monoisotopic (exact) mass is 253 g/mol. The number of Topliss-reactive ketones (excluding diaryl/α,β-unsaturated/α-hetero) is 1.